The van der Waals surface area contributed by atoms with Crippen LogP contribution in [0.4, 0.5) is 5.82 Å². The van der Waals surface area contributed by atoms with Crippen LogP contribution < -0.4 is 4.90 Å². The Morgan fingerprint density at radius 1 is 1.11 bits per heavy atom. The lowest BCUT2D eigenvalue weighted by Gasteiger charge is -2.27. The minimum atomic E-state index is 0.102. The van der Waals surface area contributed by atoms with E-state index in [0.717, 1.165) is 48.7 Å². The van der Waals surface area contributed by atoms with Gasteiger partial charge in [-0.25, -0.2) is 4.98 Å². The topological polar surface area (TPSA) is 65.1 Å². The summed E-state index contributed by atoms with van der Waals surface area (Å²) < 4.78 is 0. The van der Waals surface area contributed by atoms with Gasteiger partial charge in [-0.1, -0.05) is 30.3 Å². The van der Waals surface area contributed by atoms with Crippen LogP contribution in [-0.4, -0.2) is 46.1 Å². The van der Waals surface area contributed by atoms with Crippen LogP contribution in [-0.2, 0) is 6.54 Å². The molecule has 3 heterocycles. The summed E-state index contributed by atoms with van der Waals surface area (Å²) in [7, 11) is 1.97. The third-order valence-corrected chi connectivity index (χ3v) is 5.13. The van der Waals surface area contributed by atoms with E-state index < -0.39 is 0 Å². The minimum Gasteiger partial charge on any atom is -0.354 e. The molecular weight excluding hydrogens is 350 g/mol. The highest BCUT2D eigenvalue weighted by molar-refractivity contribution is 5.94. The van der Waals surface area contributed by atoms with E-state index >= 15 is 0 Å². The molecule has 144 valence electrons. The maximum Gasteiger partial charge on any atom is 0.254 e. The van der Waals surface area contributed by atoms with Crippen LogP contribution in [0.3, 0.4) is 0 Å². The normalized spacial score (nSPS) is 14.1. The first-order valence-electron chi connectivity index (χ1n) is 9.77. The number of nitrogens with zero attached hydrogens (tertiary/aromatic N) is 4. The molecule has 0 radical (unpaired) electrons. The largest absolute Gasteiger partial charge is 0.354 e. The first-order chi connectivity index (χ1) is 13.7. The molecule has 1 aromatic carbocycles. The van der Waals surface area contributed by atoms with Gasteiger partial charge in [-0.2, -0.15) is 5.10 Å². The van der Waals surface area contributed by atoms with Gasteiger partial charge in [0, 0.05) is 37.5 Å². The monoisotopic (exact) mass is 375 g/mol. The Balaban J connectivity index is 1.46. The van der Waals surface area contributed by atoms with Crippen molar-refractivity contribution in [2.45, 2.75) is 25.8 Å². The summed E-state index contributed by atoms with van der Waals surface area (Å²) in [6.45, 7) is 2.33. The zero-order valence-electron chi connectivity index (χ0n) is 16.1. The first kappa shape index (κ1) is 18.2. The molecule has 1 saturated heterocycles. The maximum absolute atomic E-state index is 12.8. The van der Waals surface area contributed by atoms with Crippen molar-refractivity contribution in [3.63, 3.8) is 0 Å². The van der Waals surface area contributed by atoms with Crippen LogP contribution >= 0.6 is 0 Å². The van der Waals surface area contributed by atoms with E-state index in [1.54, 1.807) is 12.3 Å². The number of hydrogen-bond acceptors (Lipinski definition) is 4. The number of aromatic nitrogens is 3. The van der Waals surface area contributed by atoms with Crippen LogP contribution in [0.5, 0.6) is 0 Å². The van der Waals surface area contributed by atoms with Crippen molar-refractivity contribution in [3.05, 3.63) is 66.0 Å². The average molecular weight is 375 g/mol. The van der Waals surface area contributed by atoms with Crippen molar-refractivity contribution in [2.75, 3.05) is 25.0 Å². The van der Waals surface area contributed by atoms with E-state index in [2.05, 4.69) is 21.2 Å². The van der Waals surface area contributed by atoms with Gasteiger partial charge in [0.25, 0.3) is 5.91 Å². The van der Waals surface area contributed by atoms with Crippen LogP contribution in [0.25, 0.3) is 11.3 Å². The highest BCUT2D eigenvalue weighted by Crippen LogP contribution is 2.20. The number of rotatable bonds is 5. The number of hydrogen-bond donors (Lipinski definition) is 1. The molecule has 0 aliphatic carbocycles. The Bertz CT molecular complexity index is 931. The molecule has 28 heavy (non-hydrogen) atoms. The summed E-state index contributed by atoms with van der Waals surface area (Å²) in [5.74, 6) is 0.878. The molecule has 6 heteroatoms. The lowest BCUT2D eigenvalue weighted by molar-refractivity contribution is 0.0724. The summed E-state index contributed by atoms with van der Waals surface area (Å²) in [4.78, 5) is 21.2. The fourth-order valence-corrected chi connectivity index (χ4v) is 3.58. The second kappa shape index (κ2) is 8.25. The lowest BCUT2D eigenvalue weighted by Crippen LogP contribution is -2.35. The van der Waals surface area contributed by atoms with Gasteiger partial charge in [-0.3, -0.25) is 9.89 Å². The Hall–Kier alpha value is -3.15. The number of carbonyl (C=O) groups is 1. The predicted octanol–water partition coefficient (Wildman–Crippen LogP) is 3.73. The second-order valence-corrected chi connectivity index (χ2v) is 7.26. The molecule has 1 amide bonds. The third-order valence-electron chi connectivity index (χ3n) is 5.13. The summed E-state index contributed by atoms with van der Waals surface area (Å²) >= 11 is 0. The number of pyridine rings is 1. The number of aromatic amines is 1. The molecular formula is C22H25N5O. The van der Waals surface area contributed by atoms with Crippen molar-refractivity contribution in [1.82, 2.24) is 20.1 Å². The van der Waals surface area contributed by atoms with Gasteiger partial charge >= 0.3 is 0 Å². The summed E-state index contributed by atoms with van der Waals surface area (Å²) in [6.07, 6.45) is 5.11. The van der Waals surface area contributed by atoms with E-state index in [9.17, 15) is 4.79 Å². The summed E-state index contributed by atoms with van der Waals surface area (Å²) in [5.41, 5.74) is 3.70. The van der Waals surface area contributed by atoms with Gasteiger partial charge in [0.15, 0.2) is 0 Å². The van der Waals surface area contributed by atoms with Gasteiger partial charge in [-0.15, -0.1) is 0 Å². The van der Waals surface area contributed by atoms with E-state index in [1.165, 1.54) is 6.42 Å². The lowest BCUT2D eigenvalue weighted by atomic mass is 10.1. The first-order valence-corrected chi connectivity index (χ1v) is 9.77. The maximum atomic E-state index is 12.8. The zero-order chi connectivity index (χ0) is 19.3. The Kier molecular flexibility index (Phi) is 5.37. The molecule has 0 saturated carbocycles. The Labute approximate surface area is 165 Å². The quantitative estimate of drug-likeness (QED) is 0.738. The Morgan fingerprint density at radius 2 is 1.89 bits per heavy atom. The van der Waals surface area contributed by atoms with E-state index in [1.807, 2.05) is 53.2 Å². The van der Waals surface area contributed by atoms with Gasteiger partial charge < -0.3 is 9.80 Å². The van der Waals surface area contributed by atoms with Gasteiger partial charge in [0.05, 0.1) is 17.9 Å². The standard InChI is InChI=1S/C22H25N5O/c1-26(16-19-15-20(25-24-19)17-8-4-2-5-9-17)21-14-18(10-11-23-21)22(28)27-12-6-3-7-13-27/h2,4-5,8-11,14-15H,3,6-7,12-13,16H2,1H3,(H,24,25). The molecule has 4 rings (SSSR count). The number of amides is 1. The molecule has 1 aliphatic rings. The molecule has 1 aliphatic heterocycles. The molecule has 1 N–H and O–H groups in total. The van der Waals surface area contributed by atoms with Crippen molar-refractivity contribution in [3.8, 4) is 11.3 Å². The Morgan fingerprint density at radius 3 is 2.68 bits per heavy atom. The highest BCUT2D eigenvalue weighted by atomic mass is 16.2. The van der Waals surface area contributed by atoms with Gasteiger partial charge in [0.2, 0.25) is 0 Å². The molecule has 1 fully saturated rings. The minimum absolute atomic E-state index is 0.102. The molecule has 3 aromatic rings. The van der Waals surface area contributed by atoms with E-state index in [-0.39, 0.29) is 5.91 Å². The summed E-state index contributed by atoms with van der Waals surface area (Å²) in [5, 5.41) is 7.51. The van der Waals surface area contributed by atoms with Gasteiger partial charge in [-0.05, 0) is 37.5 Å². The fourth-order valence-electron chi connectivity index (χ4n) is 3.58. The molecule has 0 atom stereocenters. The second-order valence-electron chi connectivity index (χ2n) is 7.26. The van der Waals surface area contributed by atoms with E-state index in [4.69, 9.17) is 0 Å². The van der Waals surface area contributed by atoms with Crippen LogP contribution in [0.2, 0.25) is 0 Å². The predicted molar refractivity (Wildman–Crippen MR) is 110 cm³/mol. The number of benzene rings is 1. The zero-order valence-corrected chi connectivity index (χ0v) is 16.1. The van der Waals surface area contributed by atoms with Crippen molar-refractivity contribution < 1.29 is 4.79 Å². The summed E-state index contributed by atoms with van der Waals surface area (Å²) in [6, 6.07) is 15.8. The van der Waals surface area contributed by atoms with Crippen LogP contribution in [0.15, 0.2) is 54.7 Å². The molecule has 0 bridgehead atoms. The van der Waals surface area contributed by atoms with Gasteiger partial charge in [0.1, 0.15) is 5.82 Å². The smallest absolute Gasteiger partial charge is 0.254 e. The number of carbonyl (C=O) groups excluding carboxylic acids is 1. The number of piperidine rings is 1. The van der Waals surface area contributed by atoms with Crippen molar-refractivity contribution >= 4 is 11.7 Å². The number of likely N-dealkylation sites (tertiary alicyclic amines) is 1. The highest BCUT2D eigenvalue weighted by Gasteiger charge is 2.19. The number of anilines is 1. The molecule has 2 aromatic heterocycles. The van der Waals surface area contributed by atoms with Crippen LogP contribution in [0.1, 0.15) is 35.3 Å². The van der Waals surface area contributed by atoms with E-state index in [0.29, 0.717) is 12.1 Å². The SMILES string of the molecule is CN(Cc1cc(-c2ccccc2)n[nH]1)c1cc(C(=O)N2CCCCC2)ccn1. The number of H-pyrrole nitrogens is 1. The average Bonchev–Trinajstić information content (AvgIpc) is 3.23. The molecule has 0 spiro atoms. The van der Waals surface area contributed by atoms with Crippen molar-refractivity contribution in [2.24, 2.45) is 0 Å². The molecule has 6 nitrogen and oxygen atoms in total. The number of nitrogens with one attached hydrogen (secondary N) is 1. The fraction of sp³-hybridized carbons (Fsp3) is 0.318. The third kappa shape index (κ3) is 4.06. The van der Waals surface area contributed by atoms with Crippen molar-refractivity contribution in [1.29, 1.82) is 0 Å². The van der Waals surface area contributed by atoms with Crippen LogP contribution in [0, 0.1) is 0 Å². The molecule has 0 unspecified atom stereocenters.